The molecule has 3 aliphatic rings. The molecule has 2 atom stereocenters. The SMILES string of the molecule is CC12CCC(C(=O)N(CCCC(=O)Nc3ccc(N4CCOCC4)cc3)C1=O)C2(C)C. The summed E-state index contributed by atoms with van der Waals surface area (Å²) < 4.78 is 5.38. The van der Waals surface area contributed by atoms with Crippen LogP contribution in [-0.4, -0.2) is 55.5 Å². The van der Waals surface area contributed by atoms with Crippen molar-refractivity contribution >= 4 is 29.1 Å². The van der Waals surface area contributed by atoms with Gasteiger partial charge in [0.15, 0.2) is 0 Å². The fourth-order valence-electron chi connectivity index (χ4n) is 5.31. The van der Waals surface area contributed by atoms with Crippen LogP contribution in [0.3, 0.4) is 0 Å². The molecule has 168 valence electrons. The number of nitrogens with zero attached hydrogens (tertiary/aromatic N) is 2. The Hall–Kier alpha value is -2.41. The number of anilines is 2. The molecule has 1 aromatic carbocycles. The predicted octanol–water partition coefficient (Wildman–Crippen LogP) is 3.05. The summed E-state index contributed by atoms with van der Waals surface area (Å²) >= 11 is 0. The molecule has 3 amide bonds. The van der Waals surface area contributed by atoms with Gasteiger partial charge in [-0.15, -0.1) is 0 Å². The molecule has 7 nitrogen and oxygen atoms in total. The number of benzene rings is 1. The number of hydrogen-bond donors (Lipinski definition) is 1. The molecule has 2 unspecified atom stereocenters. The largest absolute Gasteiger partial charge is 0.378 e. The van der Waals surface area contributed by atoms with Crippen LogP contribution in [0.1, 0.15) is 46.5 Å². The summed E-state index contributed by atoms with van der Waals surface area (Å²) in [5.74, 6) is -0.348. The van der Waals surface area contributed by atoms with Crippen molar-refractivity contribution in [2.75, 3.05) is 43.1 Å². The highest BCUT2D eigenvalue weighted by Gasteiger charge is 2.64. The van der Waals surface area contributed by atoms with Gasteiger partial charge in [-0.25, -0.2) is 0 Å². The molecule has 2 aliphatic heterocycles. The van der Waals surface area contributed by atoms with E-state index in [0.29, 0.717) is 13.0 Å². The summed E-state index contributed by atoms with van der Waals surface area (Å²) in [6.07, 6.45) is 2.27. The van der Waals surface area contributed by atoms with Crippen LogP contribution in [0.15, 0.2) is 24.3 Å². The van der Waals surface area contributed by atoms with Crippen molar-refractivity contribution in [2.24, 2.45) is 16.7 Å². The maximum absolute atomic E-state index is 13.1. The Labute approximate surface area is 184 Å². The molecule has 0 aromatic heterocycles. The minimum absolute atomic E-state index is 0.0657. The number of carbonyl (C=O) groups is 3. The van der Waals surface area contributed by atoms with E-state index in [4.69, 9.17) is 4.74 Å². The van der Waals surface area contributed by atoms with E-state index in [2.05, 4.69) is 10.2 Å². The zero-order valence-electron chi connectivity index (χ0n) is 18.8. The number of hydrogen-bond acceptors (Lipinski definition) is 5. The van der Waals surface area contributed by atoms with E-state index < -0.39 is 5.41 Å². The van der Waals surface area contributed by atoms with Crippen LogP contribution in [0.25, 0.3) is 0 Å². The van der Waals surface area contributed by atoms with Crippen LogP contribution in [0.5, 0.6) is 0 Å². The average molecular weight is 428 g/mol. The summed E-state index contributed by atoms with van der Waals surface area (Å²) in [7, 11) is 0. The molecule has 1 N–H and O–H groups in total. The fourth-order valence-corrected chi connectivity index (χ4v) is 5.31. The van der Waals surface area contributed by atoms with E-state index in [1.54, 1.807) is 0 Å². The van der Waals surface area contributed by atoms with Gasteiger partial charge in [0.1, 0.15) is 0 Å². The highest BCUT2D eigenvalue weighted by molar-refractivity contribution is 6.03. The molecule has 4 rings (SSSR count). The molecule has 2 saturated heterocycles. The number of fused-ring (bicyclic) bond motifs is 2. The molecule has 2 heterocycles. The first-order valence-corrected chi connectivity index (χ1v) is 11.3. The molecular formula is C24H33N3O4. The van der Waals surface area contributed by atoms with Gasteiger partial charge >= 0.3 is 0 Å². The van der Waals surface area contributed by atoms with E-state index in [1.807, 2.05) is 45.0 Å². The maximum atomic E-state index is 13.1. The van der Waals surface area contributed by atoms with Gasteiger partial charge in [0, 0.05) is 43.3 Å². The topological polar surface area (TPSA) is 79.0 Å². The Morgan fingerprint density at radius 1 is 1.13 bits per heavy atom. The number of likely N-dealkylation sites (tertiary alicyclic amines) is 1. The number of amides is 3. The molecule has 1 aliphatic carbocycles. The molecule has 7 heteroatoms. The highest BCUT2D eigenvalue weighted by atomic mass is 16.5. The van der Waals surface area contributed by atoms with Gasteiger partial charge in [0.05, 0.1) is 18.6 Å². The van der Waals surface area contributed by atoms with Crippen LogP contribution in [0, 0.1) is 16.7 Å². The molecule has 1 saturated carbocycles. The third-order valence-corrected chi connectivity index (χ3v) is 7.82. The van der Waals surface area contributed by atoms with Gasteiger partial charge in [0.25, 0.3) is 0 Å². The summed E-state index contributed by atoms with van der Waals surface area (Å²) in [5, 5.41) is 2.91. The van der Waals surface area contributed by atoms with Crippen LogP contribution >= 0.6 is 0 Å². The quantitative estimate of drug-likeness (QED) is 0.706. The summed E-state index contributed by atoms with van der Waals surface area (Å²) in [5.41, 5.74) is 1.08. The Morgan fingerprint density at radius 2 is 1.81 bits per heavy atom. The minimum atomic E-state index is -0.490. The second kappa shape index (κ2) is 8.26. The van der Waals surface area contributed by atoms with Crippen molar-refractivity contribution in [3.63, 3.8) is 0 Å². The smallest absolute Gasteiger partial charge is 0.235 e. The molecule has 3 fully saturated rings. The number of rotatable bonds is 6. The van der Waals surface area contributed by atoms with E-state index >= 15 is 0 Å². The number of piperidine rings is 1. The van der Waals surface area contributed by atoms with Gasteiger partial charge < -0.3 is 15.0 Å². The van der Waals surface area contributed by atoms with Crippen molar-refractivity contribution in [1.29, 1.82) is 0 Å². The fraction of sp³-hybridized carbons (Fsp3) is 0.625. The number of morpholine rings is 1. The second-order valence-electron chi connectivity index (χ2n) is 9.74. The minimum Gasteiger partial charge on any atom is -0.378 e. The number of nitrogens with one attached hydrogen (secondary N) is 1. The van der Waals surface area contributed by atoms with E-state index in [9.17, 15) is 14.4 Å². The number of carbonyl (C=O) groups excluding carboxylic acids is 3. The molecule has 31 heavy (non-hydrogen) atoms. The van der Waals surface area contributed by atoms with E-state index in [0.717, 1.165) is 50.5 Å². The van der Waals surface area contributed by atoms with Gasteiger partial charge in [-0.1, -0.05) is 20.8 Å². The van der Waals surface area contributed by atoms with Crippen molar-refractivity contribution in [2.45, 2.75) is 46.5 Å². The molecule has 0 spiro atoms. The predicted molar refractivity (Wildman–Crippen MR) is 119 cm³/mol. The van der Waals surface area contributed by atoms with Crippen LogP contribution in [0.4, 0.5) is 11.4 Å². The number of imide groups is 1. The third-order valence-electron chi connectivity index (χ3n) is 7.82. The van der Waals surface area contributed by atoms with Gasteiger partial charge in [-0.3, -0.25) is 19.3 Å². The Bertz CT molecular complexity index is 860. The first kappa shape index (κ1) is 21.8. The zero-order chi connectivity index (χ0) is 22.2. The summed E-state index contributed by atoms with van der Waals surface area (Å²) in [4.78, 5) is 42.0. The summed E-state index contributed by atoms with van der Waals surface area (Å²) in [6.45, 7) is 9.58. The third kappa shape index (κ3) is 3.84. The normalized spacial score (nSPS) is 27.5. The molecule has 0 radical (unpaired) electrons. The van der Waals surface area contributed by atoms with Gasteiger partial charge in [-0.05, 0) is 48.9 Å². The Kier molecular flexibility index (Phi) is 5.81. The lowest BCUT2D eigenvalue weighted by Gasteiger charge is -2.47. The van der Waals surface area contributed by atoms with E-state index in [-0.39, 0.29) is 35.5 Å². The van der Waals surface area contributed by atoms with Crippen molar-refractivity contribution in [1.82, 2.24) is 4.90 Å². The molecule has 2 bridgehead atoms. The monoisotopic (exact) mass is 427 g/mol. The average Bonchev–Trinajstić information content (AvgIpc) is 2.95. The van der Waals surface area contributed by atoms with E-state index in [1.165, 1.54) is 4.90 Å². The van der Waals surface area contributed by atoms with Crippen molar-refractivity contribution in [3.8, 4) is 0 Å². The Balaban J connectivity index is 1.28. The lowest BCUT2D eigenvalue weighted by Crippen LogP contribution is -2.59. The van der Waals surface area contributed by atoms with Crippen LogP contribution in [0.2, 0.25) is 0 Å². The van der Waals surface area contributed by atoms with Crippen LogP contribution < -0.4 is 10.2 Å². The Morgan fingerprint density at radius 3 is 2.48 bits per heavy atom. The zero-order valence-corrected chi connectivity index (χ0v) is 18.8. The first-order valence-electron chi connectivity index (χ1n) is 11.3. The lowest BCUT2D eigenvalue weighted by molar-refractivity contribution is -0.168. The number of ether oxygens (including phenoxy) is 1. The molecule has 1 aromatic rings. The van der Waals surface area contributed by atoms with Crippen LogP contribution in [-0.2, 0) is 19.1 Å². The highest BCUT2D eigenvalue weighted by Crippen LogP contribution is 2.60. The second-order valence-corrected chi connectivity index (χ2v) is 9.74. The van der Waals surface area contributed by atoms with Crippen molar-refractivity contribution < 1.29 is 19.1 Å². The first-order chi connectivity index (χ1) is 14.7. The lowest BCUT2D eigenvalue weighted by atomic mass is 9.62. The van der Waals surface area contributed by atoms with Gasteiger partial charge in [0.2, 0.25) is 17.7 Å². The molecular weight excluding hydrogens is 394 g/mol. The van der Waals surface area contributed by atoms with Gasteiger partial charge in [-0.2, -0.15) is 0 Å². The summed E-state index contributed by atoms with van der Waals surface area (Å²) in [6, 6.07) is 7.82. The standard InChI is InChI=1S/C24H33N3O4/c1-23(2)19-10-11-24(23,3)22(30)27(21(19)29)12-4-5-20(28)25-17-6-8-18(9-7-17)26-13-15-31-16-14-26/h6-9,19H,4-5,10-16H2,1-3H3,(H,25,28). The maximum Gasteiger partial charge on any atom is 0.235 e. The van der Waals surface area contributed by atoms with Crippen molar-refractivity contribution in [3.05, 3.63) is 24.3 Å².